The van der Waals surface area contributed by atoms with Crippen LogP contribution in [0.15, 0.2) is 35.5 Å². The van der Waals surface area contributed by atoms with Gasteiger partial charge in [0.25, 0.3) is 10.0 Å². The first-order valence-electron chi connectivity index (χ1n) is 5.97. The smallest absolute Gasteiger partial charge is 0.265 e. The van der Waals surface area contributed by atoms with Crippen molar-refractivity contribution in [3.05, 3.63) is 42.2 Å². The van der Waals surface area contributed by atoms with Crippen molar-refractivity contribution in [2.75, 3.05) is 16.6 Å². The first-order chi connectivity index (χ1) is 9.94. The molecule has 2 rings (SSSR count). The zero-order chi connectivity index (χ0) is 15.5. The lowest BCUT2D eigenvalue weighted by Gasteiger charge is -2.09. The summed E-state index contributed by atoms with van der Waals surface area (Å²) in [7, 11) is -4.09. The molecule has 0 bridgehead atoms. The van der Waals surface area contributed by atoms with Crippen LogP contribution in [0.1, 0.15) is 6.92 Å². The van der Waals surface area contributed by atoms with Crippen molar-refractivity contribution in [3.63, 3.8) is 0 Å². The number of hydrogen-bond donors (Lipinski definition) is 2. The molecule has 0 aliphatic carbocycles. The van der Waals surface area contributed by atoms with Gasteiger partial charge in [-0.25, -0.2) is 27.2 Å². The molecule has 1 heterocycles. The largest absolute Gasteiger partial charge is 0.355 e. The maximum Gasteiger partial charge on any atom is 0.265 e. The highest BCUT2D eigenvalue weighted by Gasteiger charge is 2.18. The Morgan fingerprint density at radius 1 is 1.19 bits per heavy atom. The van der Waals surface area contributed by atoms with E-state index < -0.39 is 27.3 Å². The second kappa shape index (κ2) is 6.00. The molecule has 21 heavy (non-hydrogen) atoms. The molecule has 0 saturated carbocycles. The summed E-state index contributed by atoms with van der Waals surface area (Å²) in [5, 5.41) is 2.81. The average molecular weight is 314 g/mol. The van der Waals surface area contributed by atoms with Crippen molar-refractivity contribution >= 4 is 21.7 Å². The summed E-state index contributed by atoms with van der Waals surface area (Å²) in [4.78, 5) is 7.36. The van der Waals surface area contributed by atoms with E-state index in [2.05, 4.69) is 15.3 Å². The maximum atomic E-state index is 13.5. The summed E-state index contributed by atoms with van der Waals surface area (Å²) in [5.41, 5.74) is -0.481. The number of aromatic nitrogens is 2. The molecule has 2 N–H and O–H groups in total. The summed E-state index contributed by atoms with van der Waals surface area (Å²) in [6.07, 6.45) is 2.15. The van der Waals surface area contributed by atoms with E-state index in [1.807, 2.05) is 11.6 Å². The molecule has 0 atom stereocenters. The molecule has 0 saturated heterocycles. The fourth-order valence-corrected chi connectivity index (χ4v) is 2.44. The predicted octanol–water partition coefficient (Wildman–Crippen LogP) is 1.99. The Morgan fingerprint density at radius 3 is 2.48 bits per heavy atom. The van der Waals surface area contributed by atoms with Gasteiger partial charge in [0.2, 0.25) is 5.95 Å². The molecule has 112 valence electrons. The van der Waals surface area contributed by atoms with E-state index in [0.29, 0.717) is 6.54 Å². The molecule has 0 spiro atoms. The summed E-state index contributed by atoms with van der Waals surface area (Å²) in [5.74, 6) is -2.14. The average Bonchev–Trinajstić information content (AvgIpc) is 2.45. The van der Waals surface area contributed by atoms with Crippen molar-refractivity contribution in [1.82, 2.24) is 9.97 Å². The summed E-state index contributed by atoms with van der Waals surface area (Å²) < 4.78 is 52.5. The summed E-state index contributed by atoms with van der Waals surface area (Å²) in [6.45, 7) is 2.42. The fourth-order valence-electron chi connectivity index (χ4n) is 1.49. The molecule has 0 aliphatic rings. The van der Waals surface area contributed by atoms with E-state index in [-0.39, 0.29) is 10.8 Å². The van der Waals surface area contributed by atoms with E-state index in [1.165, 1.54) is 6.07 Å². The zero-order valence-electron chi connectivity index (χ0n) is 11.0. The Bertz CT molecular complexity index is 735. The van der Waals surface area contributed by atoms with Crippen LogP contribution in [0.25, 0.3) is 0 Å². The van der Waals surface area contributed by atoms with Gasteiger partial charge in [-0.2, -0.15) is 0 Å². The molecule has 1 aromatic heterocycles. The maximum absolute atomic E-state index is 13.5. The number of sulfonamides is 1. The third-order valence-electron chi connectivity index (χ3n) is 2.47. The number of nitrogens with zero attached hydrogens (tertiary/aromatic N) is 2. The van der Waals surface area contributed by atoms with Crippen molar-refractivity contribution in [2.24, 2.45) is 0 Å². The molecule has 0 aliphatic heterocycles. The minimum atomic E-state index is -4.09. The third kappa shape index (κ3) is 3.43. The Balaban J connectivity index is 2.27. The van der Waals surface area contributed by atoms with Crippen molar-refractivity contribution in [3.8, 4) is 0 Å². The lowest BCUT2D eigenvalue weighted by molar-refractivity contribution is 0.511. The Morgan fingerprint density at radius 2 is 1.86 bits per heavy atom. The van der Waals surface area contributed by atoms with Crippen LogP contribution in [0.3, 0.4) is 0 Å². The van der Waals surface area contributed by atoms with E-state index in [0.717, 1.165) is 24.5 Å². The van der Waals surface area contributed by atoms with Crippen molar-refractivity contribution in [1.29, 1.82) is 0 Å². The lowest BCUT2D eigenvalue weighted by atomic mass is 10.3. The van der Waals surface area contributed by atoms with E-state index in [9.17, 15) is 17.2 Å². The molecule has 9 heteroatoms. The molecular formula is C12H12F2N4O2S. The van der Waals surface area contributed by atoms with E-state index in [1.54, 1.807) is 0 Å². The minimum absolute atomic E-state index is 0.257. The Labute approximate surface area is 120 Å². The van der Waals surface area contributed by atoms with Gasteiger partial charge >= 0.3 is 0 Å². The fraction of sp³-hybridized carbons (Fsp3) is 0.167. The van der Waals surface area contributed by atoms with Gasteiger partial charge in [0.1, 0.15) is 4.90 Å². The van der Waals surface area contributed by atoms with Gasteiger partial charge in [0.05, 0.1) is 18.1 Å². The SMILES string of the molecule is CCNc1ncc(S(=O)(=O)Nc2cccc(F)c2F)cn1. The predicted molar refractivity (Wildman–Crippen MR) is 73.4 cm³/mol. The molecule has 0 fully saturated rings. The number of rotatable bonds is 5. The van der Waals surface area contributed by atoms with Crippen LogP contribution in [0, 0.1) is 11.6 Å². The first-order valence-corrected chi connectivity index (χ1v) is 7.45. The van der Waals surface area contributed by atoms with Crippen molar-refractivity contribution < 1.29 is 17.2 Å². The van der Waals surface area contributed by atoms with Crippen molar-refractivity contribution in [2.45, 2.75) is 11.8 Å². The third-order valence-corrected chi connectivity index (χ3v) is 3.79. The van der Waals surface area contributed by atoms with E-state index in [4.69, 9.17) is 0 Å². The van der Waals surface area contributed by atoms with Crippen LogP contribution >= 0.6 is 0 Å². The van der Waals surface area contributed by atoms with Crippen LogP contribution in [-0.2, 0) is 10.0 Å². The molecule has 1 aromatic carbocycles. The quantitative estimate of drug-likeness (QED) is 0.881. The van der Waals surface area contributed by atoms with Gasteiger partial charge < -0.3 is 5.32 Å². The summed E-state index contributed by atoms with van der Waals surface area (Å²) in [6, 6.07) is 3.20. The highest BCUT2D eigenvalue weighted by molar-refractivity contribution is 7.92. The minimum Gasteiger partial charge on any atom is -0.355 e. The number of nitrogens with one attached hydrogen (secondary N) is 2. The second-order valence-electron chi connectivity index (χ2n) is 3.98. The number of benzene rings is 1. The standard InChI is InChI=1S/C12H12F2N4O2S/c1-2-15-12-16-6-8(7-17-12)21(19,20)18-10-5-3-4-9(13)11(10)14/h3-7,18H,2H2,1H3,(H,15,16,17). The van der Waals surface area contributed by atoms with Gasteiger partial charge in [0.15, 0.2) is 11.6 Å². The highest BCUT2D eigenvalue weighted by Crippen LogP contribution is 2.20. The molecule has 6 nitrogen and oxygen atoms in total. The highest BCUT2D eigenvalue weighted by atomic mass is 32.2. The summed E-state index contributed by atoms with van der Waals surface area (Å²) >= 11 is 0. The van der Waals surface area contributed by atoms with Gasteiger partial charge in [-0.15, -0.1) is 0 Å². The van der Waals surface area contributed by atoms with Gasteiger partial charge in [-0.3, -0.25) is 4.72 Å². The van der Waals surface area contributed by atoms with Crippen LogP contribution < -0.4 is 10.0 Å². The van der Waals surface area contributed by atoms with Crippen LogP contribution in [0.4, 0.5) is 20.4 Å². The van der Waals surface area contributed by atoms with E-state index >= 15 is 0 Å². The van der Waals surface area contributed by atoms with Gasteiger partial charge in [0, 0.05) is 6.54 Å². The zero-order valence-corrected chi connectivity index (χ0v) is 11.8. The molecule has 2 aromatic rings. The monoisotopic (exact) mass is 314 g/mol. The normalized spacial score (nSPS) is 11.2. The molecule has 0 unspecified atom stereocenters. The van der Waals surface area contributed by atoms with Crippen LogP contribution in [-0.4, -0.2) is 24.9 Å². The van der Waals surface area contributed by atoms with Gasteiger partial charge in [-0.05, 0) is 19.1 Å². The lowest BCUT2D eigenvalue weighted by Crippen LogP contribution is -2.15. The first kappa shape index (κ1) is 15.1. The Kier molecular flexibility index (Phi) is 4.32. The number of anilines is 2. The molecule has 0 amide bonds. The Hall–Kier alpha value is -2.29. The topological polar surface area (TPSA) is 84.0 Å². The number of halogens is 2. The molecule has 0 radical (unpaired) electrons. The van der Waals surface area contributed by atoms with Crippen LogP contribution in [0.5, 0.6) is 0 Å². The van der Waals surface area contributed by atoms with Crippen LogP contribution in [0.2, 0.25) is 0 Å². The second-order valence-corrected chi connectivity index (χ2v) is 5.66. The number of hydrogen-bond acceptors (Lipinski definition) is 5. The molecular weight excluding hydrogens is 302 g/mol. The van der Waals surface area contributed by atoms with Gasteiger partial charge in [-0.1, -0.05) is 6.07 Å².